The Morgan fingerprint density at radius 3 is 2.95 bits per heavy atom. The highest BCUT2D eigenvalue weighted by Gasteiger charge is 2.37. The minimum Gasteiger partial charge on any atom is -0.393 e. The average Bonchev–Trinajstić information content (AvgIpc) is 2.94. The first-order valence-electron chi connectivity index (χ1n) is 7.87. The van der Waals surface area contributed by atoms with Crippen LogP contribution in [-0.4, -0.2) is 41.9 Å². The van der Waals surface area contributed by atoms with Crippen LogP contribution in [0.25, 0.3) is 0 Å². The molecule has 1 aromatic carbocycles. The number of aliphatic hydroxyl groups excluding tert-OH is 1. The largest absolute Gasteiger partial charge is 0.393 e. The van der Waals surface area contributed by atoms with Crippen LogP contribution in [-0.2, 0) is 11.3 Å². The van der Waals surface area contributed by atoms with E-state index in [1.807, 2.05) is 6.07 Å². The van der Waals surface area contributed by atoms with Crippen molar-refractivity contribution in [1.29, 1.82) is 5.26 Å². The Bertz CT molecular complexity index is 572. The number of halogens is 1. The maximum atomic E-state index is 13.8. The Labute approximate surface area is 130 Å². The zero-order valence-electron chi connectivity index (χ0n) is 12.5. The van der Waals surface area contributed by atoms with E-state index in [-0.39, 0.29) is 23.6 Å². The van der Waals surface area contributed by atoms with Crippen molar-refractivity contribution in [3.05, 3.63) is 35.1 Å². The minimum absolute atomic E-state index is 0.0773. The zero-order chi connectivity index (χ0) is 15.5. The highest BCUT2D eigenvalue weighted by atomic mass is 19.1. The average molecular weight is 304 g/mol. The molecule has 1 saturated heterocycles. The Morgan fingerprint density at radius 1 is 1.41 bits per heavy atom. The third kappa shape index (κ3) is 3.14. The summed E-state index contributed by atoms with van der Waals surface area (Å²) in [4.78, 5) is 2.28. The molecule has 1 aliphatic heterocycles. The Morgan fingerprint density at radius 2 is 2.27 bits per heavy atom. The SMILES string of the molecule is N#Cc1ccc(CN2CCOCC2C2CCCC2O)cc1F. The number of morpholine rings is 1. The third-order valence-corrected chi connectivity index (χ3v) is 4.85. The fourth-order valence-electron chi connectivity index (χ4n) is 3.65. The fourth-order valence-corrected chi connectivity index (χ4v) is 3.65. The molecule has 0 spiro atoms. The van der Waals surface area contributed by atoms with Crippen LogP contribution < -0.4 is 0 Å². The Balaban J connectivity index is 1.74. The second kappa shape index (κ2) is 6.74. The summed E-state index contributed by atoms with van der Waals surface area (Å²) < 4.78 is 19.4. The van der Waals surface area contributed by atoms with Gasteiger partial charge in [-0.3, -0.25) is 4.90 Å². The molecular weight excluding hydrogens is 283 g/mol. The van der Waals surface area contributed by atoms with Crippen LogP contribution >= 0.6 is 0 Å². The molecule has 0 aromatic heterocycles. The van der Waals surface area contributed by atoms with Crippen LogP contribution in [0.5, 0.6) is 0 Å². The molecule has 4 nitrogen and oxygen atoms in total. The van der Waals surface area contributed by atoms with Crippen LogP contribution in [0, 0.1) is 23.1 Å². The van der Waals surface area contributed by atoms with Crippen LogP contribution in [0.2, 0.25) is 0 Å². The molecule has 1 heterocycles. The van der Waals surface area contributed by atoms with Crippen molar-refractivity contribution < 1.29 is 14.2 Å². The quantitative estimate of drug-likeness (QED) is 0.928. The van der Waals surface area contributed by atoms with E-state index in [2.05, 4.69) is 4.90 Å². The molecule has 1 N–H and O–H groups in total. The third-order valence-electron chi connectivity index (χ3n) is 4.85. The number of nitrogens with zero attached hydrogens (tertiary/aromatic N) is 2. The Kier molecular flexibility index (Phi) is 4.72. The summed E-state index contributed by atoms with van der Waals surface area (Å²) in [6, 6.07) is 6.81. The molecule has 3 rings (SSSR count). The number of aliphatic hydroxyl groups is 1. The number of rotatable bonds is 3. The van der Waals surface area contributed by atoms with E-state index in [0.29, 0.717) is 19.8 Å². The molecule has 1 aromatic rings. The van der Waals surface area contributed by atoms with Gasteiger partial charge in [-0.2, -0.15) is 5.26 Å². The molecule has 2 fully saturated rings. The van der Waals surface area contributed by atoms with Gasteiger partial charge in [-0.1, -0.05) is 12.5 Å². The second-order valence-electron chi connectivity index (χ2n) is 6.20. The maximum absolute atomic E-state index is 13.8. The van der Waals surface area contributed by atoms with E-state index >= 15 is 0 Å². The lowest BCUT2D eigenvalue weighted by Crippen LogP contribution is -2.50. The van der Waals surface area contributed by atoms with Crippen LogP contribution in [0.4, 0.5) is 4.39 Å². The highest BCUT2D eigenvalue weighted by molar-refractivity contribution is 5.33. The van der Waals surface area contributed by atoms with Gasteiger partial charge in [-0.05, 0) is 30.5 Å². The summed E-state index contributed by atoms with van der Waals surface area (Å²) in [5.74, 6) is -0.228. The number of nitriles is 1. The first-order valence-corrected chi connectivity index (χ1v) is 7.87. The van der Waals surface area contributed by atoms with Crippen molar-refractivity contribution in [2.45, 2.75) is 38.0 Å². The van der Waals surface area contributed by atoms with E-state index in [9.17, 15) is 9.50 Å². The standard InChI is InChI=1S/C17H21FN2O2/c18-15-8-12(4-5-13(15)9-19)10-20-6-7-22-11-16(20)14-2-1-3-17(14)21/h4-5,8,14,16-17,21H,1-3,6-7,10-11H2. The summed E-state index contributed by atoms with van der Waals surface area (Å²) in [7, 11) is 0. The molecule has 0 radical (unpaired) electrons. The molecule has 118 valence electrons. The van der Waals surface area contributed by atoms with Gasteiger partial charge in [0.2, 0.25) is 0 Å². The summed E-state index contributed by atoms with van der Waals surface area (Å²) in [6.07, 6.45) is 2.68. The zero-order valence-corrected chi connectivity index (χ0v) is 12.5. The molecular formula is C17H21FN2O2. The minimum atomic E-state index is -0.467. The van der Waals surface area contributed by atoms with E-state index in [1.54, 1.807) is 6.07 Å². The molecule has 1 aliphatic carbocycles. The van der Waals surface area contributed by atoms with Gasteiger partial charge < -0.3 is 9.84 Å². The molecule has 0 bridgehead atoms. The number of benzene rings is 1. The molecule has 22 heavy (non-hydrogen) atoms. The topological polar surface area (TPSA) is 56.5 Å². The van der Waals surface area contributed by atoms with Gasteiger partial charge in [0.1, 0.15) is 11.9 Å². The second-order valence-corrected chi connectivity index (χ2v) is 6.20. The molecule has 3 atom stereocenters. The molecule has 2 aliphatic rings. The normalized spacial score (nSPS) is 29.4. The van der Waals surface area contributed by atoms with Gasteiger partial charge in [0, 0.05) is 25.0 Å². The van der Waals surface area contributed by atoms with Crippen molar-refractivity contribution in [1.82, 2.24) is 4.90 Å². The van der Waals surface area contributed by atoms with E-state index < -0.39 is 5.82 Å². The predicted molar refractivity (Wildman–Crippen MR) is 79.5 cm³/mol. The molecule has 0 amide bonds. The lowest BCUT2D eigenvalue weighted by molar-refractivity contribution is -0.0536. The monoisotopic (exact) mass is 304 g/mol. The van der Waals surface area contributed by atoms with E-state index in [4.69, 9.17) is 10.00 Å². The first-order chi connectivity index (χ1) is 10.7. The van der Waals surface area contributed by atoms with Crippen molar-refractivity contribution in [2.75, 3.05) is 19.8 Å². The van der Waals surface area contributed by atoms with Gasteiger partial charge >= 0.3 is 0 Å². The van der Waals surface area contributed by atoms with Crippen molar-refractivity contribution in [3.63, 3.8) is 0 Å². The lowest BCUT2D eigenvalue weighted by Gasteiger charge is -2.40. The first kappa shape index (κ1) is 15.4. The van der Waals surface area contributed by atoms with Gasteiger partial charge in [-0.15, -0.1) is 0 Å². The van der Waals surface area contributed by atoms with Gasteiger partial charge in [-0.25, -0.2) is 4.39 Å². The number of ether oxygens (including phenoxy) is 1. The van der Waals surface area contributed by atoms with Crippen molar-refractivity contribution in [3.8, 4) is 6.07 Å². The predicted octanol–water partition coefficient (Wildman–Crippen LogP) is 2.06. The van der Waals surface area contributed by atoms with Crippen LogP contribution in [0.15, 0.2) is 18.2 Å². The van der Waals surface area contributed by atoms with Gasteiger partial charge in [0.05, 0.1) is 24.9 Å². The summed E-state index contributed by atoms with van der Waals surface area (Å²) in [5.41, 5.74) is 0.935. The molecule has 3 unspecified atom stereocenters. The van der Waals surface area contributed by atoms with Gasteiger partial charge in [0.15, 0.2) is 0 Å². The molecule has 1 saturated carbocycles. The van der Waals surface area contributed by atoms with E-state index in [0.717, 1.165) is 31.4 Å². The summed E-state index contributed by atoms with van der Waals surface area (Å²) in [6.45, 7) is 2.70. The number of hydrogen-bond acceptors (Lipinski definition) is 4. The smallest absolute Gasteiger partial charge is 0.141 e. The van der Waals surface area contributed by atoms with E-state index in [1.165, 1.54) is 12.1 Å². The Hall–Kier alpha value is -1.48. The van der Waals surface area contributed by atoms with Crippen molar-refractivity contribution in [2.24, 2.45) is 5.92 Å². The van der Waals surface area contributed by atoms with Gasteiger partial charge in [0.25, 0.3) is 0 Å². The van der Waals surface area contributed by atoms with Crippen LogP contribution in [0.1, 0.15) is 30.4 Å². The number of hydrogen-bond donors (Lipinski definition) is 1. The summed E-state index contributed by atoms with van der Waals surface area (Å²) in [5, 5.41) is 19.0. The fraction of sp³-hybridized carbons (Fsp3) is 0.588. The van der Waals surface area contributed by atoms with Crippen molar-refractivity contribution >= 4 is 0 Å². The van der Waals surface area contributed by atoms with Crippen LogP contribution in [0.3, 0.4) is 0 Å². The lowest BCUT2D eigenvalue weighted by atomic mass is 9.94. The highest BCUT2D eigenvalue weighted by Crippen LogP contribution is 2.32. The summed E-state index contributed by atoms with van der Waals surface area (Å²) >= 11 is 0. The maximum Gasteiger partial charge on any atom is 0.141 e. The molecule has 5 heteroatoms.